The Labute approximate surface area is 170 Å². The van der Waals surface area contributed by atoms with Crippen molar-refractivity contribution >= 4 is 35.6 Å². The Hall–Kier alpha value is -1.97. The summed E-state index contributed by atoms with van der Waals surface area (Å²) in [5, 5.41) is 8.24. The fourth-order valence-electron chi connectivity index (χ4n) is 3.03. The van der Waals surface area contributed by atoms with Crippen LogP contribution in [0.1, 0.15) is 34.1 Å². The lowest BCUT2D eigenvalue weighted by atomic mass is 10.0. The first-order valence-electron chi connectivity index (χ1n) is 9.34. The smallest absolute Gasteiger partial charge is 0.328 e. The second kappa shape index (κ2) is 11.1. The fourth-order valence-corrected chi connectivity index (χ4v) is 3.45. The highest BCUT2D eigenvalue weighted by Crippen LogP contribution is 2.20. The molecule has 1 rings (SSSR count). The molecular formula is C18H32N4O5S. The topological polar surface area (TPSA) is 117 Å². The van der Waals surface area contributed by atoms with Crippen molar-refractivity contribution < 1.29 is 23.9 Å². The third-order valence-corrected chi connectivity index (χ3v) is 4.90. The molecule has 3 atom stereocenters. The maximum Gasteiger partial charge on any atom is 0.328 e. The normalized spacial score (nSPS) is 20.1. The molecule has 160 valence electrons. The standard InChI is InChI=1S/C18H32N4O5S/c1-10(2)15(17(25)27-5)21-16(24)13-7-12(20-18(26)19-11(3)4)8-22(13)14(23)9-28-6/h10-13,15H,7-9H2,1-6H3,(H,21,24)(H2,19,20,26). The van der Waals surface area contributed by atoms with Crippen molar-refractivity contribution in [2.45, 2.75) is 58.3 Å². The summed E-state index contributed by atoms with van der Waals surface area (Å²) < 4.78 is 4.76. The number of thioether (sulfide) groups is 1. The second-order valence-corrected chi connectivity index (χ2v) is 8.32. The van der Waals surface area contributed by atoms with Gasteiger partial charge in [0.15, 0.2) is 0 Å². The van der Waals surface area contributed by atoms with Crippen molar-refractivity contribution in [3.05, 3.63) is 0 Å². The van der Waals surface area contributed by atoms with Gasteiger partial charge in [0, 0.05) is 12.6 Å². The molecule has 0 saturated carbocycles. The van der Waals surface area contributed by atoms with Gasteiger partial charge in [-0.15, -0.1) is 0 Å². The molecule has 3 N–H and O–H groups in total. The van der Waals surface area contributed by atoms with Crippen LogP contribution in [0, 0.1) is 5.92 Å². The van der Waals surface area contributed by atoms with Gasteiger partial charge in [0.25, 0.3) is 0 Å². The van der Waals surface area contributed by atoms with Crippen LogP contribution in [0.15, 0.2) is 0 Å². The lowest BCUT2D eigenvalue weighted by Gasteiger charge is -2.26. The van der Waals surface area contributed by atoms with Crippen molar-refractivity contribution in [1.82, 2.24) is 20.9 Å². The van der Waals surface area contributed by atoms with Crippen molar-refractivity contribution in [2.75, 3.05) is 25.7 Å². The summed E-state index contributed by atoms with van der Waals surface area (Å²) >= 11 is 1.36. The van der Waals surface area contributed by atoms with Gasteiger partial charge >= 0.3 is 12.0 Å². The summed E-state index contributed by atoms with van der Waals surface area (Å²) in [6.07, 6.45) is 2.09. The molecule has 0 aliphatic carbocycles. The van der Waals surface area contributed by atoms with Gasteiger partial charge in [-0.05, 0) is 32.4 Å². The third-order valence-electron chi connectivity index (χ3n) is 4.37. The Kier molecular flexibility index (Phi) is 9.57. The summed E-state index contributed by atoms with van der Waals surface area (Å²) in [7, 11) is 1.26. The molecule has 0 aromatic carbocycles. The number of rotatable bonds is 8. The molecule has 1 heterocycles. The van der Waals surface area contributed by atoms with Crippen LogP contribution in [0.2, 0.25) is 0 Å². The predicted molar refractivity (Wildman–Crippen MR) is 108 cm³/mol. The molecule has 10 heteroatoms. The summed E-state index contributed by atoms with van der Waals surface area (Å²) in [5.41, 5.74) is 0. The number of carbonyl (C=O) groups excluding carboxylic acids is 4. The second-order valence-electron chi connectivity index (χ2n) is 7.45. The Balaban J connectivity index is 2.90. The van der Waals surface area contributed by atoms with Gasteiger partial charge in [-0.1, -0.05) is 13.8 Å². The molecule has 3 unspecified atom stereocenters. The molecule has 0 aromatic rings. The molecule has 28 heavy (non-hydrogen) atoms. The van der Waals surface area contributed by atoms with Gasteiger partial charge in [0.05, 0.1) is 18.9 Å². The summed E-state index contributed by atoms with van der Waals surface area (Å²) in [6.45, 7) is 7.53. The molecule has 1 fully saturated rings. The monoisotopic (exact) mass is 416 g/mol. The SMILES string of the molecule is COC(=O)C(NC(=O)C1CC(NC(=O)NC(C)C)CN1C(=O)CSC)C(C)C. The van der Waals surface area contributed by atoms with Gasteiger partial charge in [-0.3, -0.25) is 9.59 Å². The van der Waals surface area contributed by atoms with E-state index < -0.39 is 24.0 Å². The van der Waals surface area contributed by atoms with Crippen LogP contribution in [0.5, 0.6) is 0 Å². The molecule has 0 aromatic heterocycles. The predicted octanol–water partition coefficient (Wildman–Crippen LogP) is 0.340. The van der Waals surface area contributed by atoms with E-state index in [9.17, 15) is 19.2 Å². The van der Waals surface area contributed by atoms with Crippen molar-refractivity contribution in [3.8, 4) is 0 Å². The lowest BCUT2D eigenvalue weighted by molar-refractivity contribution is -0.147. The van der Waals surface area contributed by atoms with Crippen molar-refractivity contribution in [2.24, 2.45) is 5.92 Å². The maximum absolute atomic E-state index is 12.9. The minimum Gasteiger partial charge on any atom is -0.467 e. The van der Waals surface area contributed by atoms with Crippen LogP contribution in [-0.2, 0) is 19.1 Å². The van der Waals surface area contributed by atoms with E-state index in [1.165, 1.54) is 23.8 Å². The van der Waals surface area contributed by atoms with E-state index in [-0.39, 0.29) is 48.7 Å². The molecule has 1 saturated heterocycles. The Morgan fingerprint density at radius 3 is 2.29 bits per heavy atom. The zero-order valence-corrected chi connectivity index (χ0v) is 18.2. The average molecular weight is 417 g/mol. The number of likely N-dealkylation sites (tertiary alicyclic amines) is 1. The molecule has 9 nitrogen and oxygen atoms in total. The first-order valence-corrected chi connectivity index (χ1v) is 10.7. The number of ether oxygens (including phenoxy) is 1. The van der Waals surface area contributed by atoms with Gasteiger partial charge in [0.1, 0.15) is 12.1 Å². The third kappa shape index (κ3) is 6.88. The van der Waals surface area contributed by atoms with E-state index in [0.717, 1.165) is 0 Å². The minimum absolute atomic E-state index is 0.0263. The Morgan fingerprint density at radius 1 is 1.14 bits per heavy atom. The highest BCUT2D eigenvalue weighted by molar-refractivity contribution is 7.99. The summed E-state index contributed by atoms with van der Waals surface area (Å²) in [4.78, 5) is 50.8. The quantitative estimate of drug-likeness (QED) is 0.491. The molecule has 0 spiro atoms. The minimum atomic E-state index is -0.800. The molecular weight excluding hydrogens is 384 g/mol. The summed E-state index contributed by atoms with van der Waals surface area (Å²) in [6, 6.07) is -2.27. The largest absolute Gasteiger partial charge is 0.467 e. The van der Waals surface area contributed by atoms with Crippen LogP contribution >= 0.6 is 11.8 Å². The number of amides is 4. The first kappa shape index (κ1) is 24.1. The van der Waals surface area contributed by atoms with Crippen LogP contribution in [-0.4, -0.2) is 78.5 Å². The molecule has 1 aliphatic heterocycles. The van der Waals surface area contributed by atoms with E-state index >= 15 is 0 Å². The molecule has 0 radical (unpaired) electrons. The number of hydrogen-bond acceptors (Lipinski definition) is 6. The fraction of sp³-hybridized carbons (Fsp3) is 0.778. The number of esters is 1. The average Bonchev–Trinajstić information content (AvgIpc) is 3.01. The van der Waals surface area contributed by atoms with Crippen LogP contribution < -0.4 is 16.0 Å². The number of hydrogen-bond donors (Lipinski definition) is 3. The highest BCUT2D eigenvalue weighted by atomic mass is 32.2. The maximum atomic E-state index is 12.9. The number of nitrogens with zero attached hydrogens (tertiary/aromatic N) is 1. The van der Waals surface area contributed by atoms with Gasteiger partial charge < -0.3 is 25.6 Å². The van der Waals surface area contributed by atoms with E-state index in [2.05, 4.69) is 16.0 Å². The Bertz CT molecular complexity index is 584. The first-order chi connectivity index (χ1) is 13.1. The molecule has 1 aliphatic rings. The van der Waals surface area contributed by atoms with Crippen molar-refractivity contribution in [1.29, 1.82) is 0 Å². The van der Waals surface area contributed by atoms with Crippen LogP contribution in [0.25, 0.3) is 0 Å². The van der Waals surface area contributed by atoms with E-state index in [4.69, 9.17) is 4.74 Å². The number of carbonyl (C=O) groups is 4. The number of methoxy groups -OCH3 is 1. The lowest BCUT2D eigenvalue weighted by Crippen LogP contribution is -2.53. The number of nitrogens with one attached hydrogen (secondary N) is 3. The van der Waals surface area contributed by atoms with Crippen molar-refractivity contribution in [3.63, 3.8) is 0 Å². The zero-order valence-electron chi connectivity index (χ0n) is 17.4. The van der Waals surface area contributed by atoms with E-state index in [1.54, 1.807) is 20.1 Å². The van der Waals surface area contributed by atoms with E-state index in [0.29, 0.717) is 0 Å². The van der Waals surface area contributed by atoms with Gasteiger partial charge in [-0.2, -0.15) is 11.8 Å². The number of urea groups is 1. The van der Waals surface area contributed by atoms with E-state index in [1.807, 2.05) is 13.8 Å². The highest BCUT2D eigenvalue weighted by Gasteiger charge is 2.41. The molecule has 4 amide bonds. The Morgan fingerprint density at radius 2 is 1.79 bits per heavy atom. The van der Waals surface area contributed by atoms with Gasteiger partial charge in [0.2, 0.25) is 11.8 Å². The van der Waals surface area contributed by atoms with Crippen LogP contribution in [0.4, 0.5) is 4.79 Å². The zero-order chi connectivity index (χ0) is 21.4. The summed E-state index contributed by atoms with van der Waals surface area (Å²) in [5.74, 6) is -1.07. The molecule has 0 bridgehead atoms. The van der Waals surface area contributed by atoms with Gasteiger partial charge in [-0.25, -0.2) is 9.59 Å². The van der Waals surface area contributed by atoms with Crippen LogP contribution in [0.3, 0.4) is 0 Å².